The van der Waals surface area contributed by atoms with Gasteiger partial charge in [-0.3, -0.25) is 0 Å². The van der Waals surface area contributed by atoms with Crippen molar-refractivity contribution in [1.82, 2.24) is 5.32 Å². The van der Waals surface area contributed by atoms with Crippen molar-refractivity contribution in [2.24, 2.45) is 11.3 Å². The Hall–Kier alpha value is -0.0400. The lowest BCUT2D eigenvalue weighted by atomic mass is 9.75. The second-order valence-electron chi connectivity index (χ2n) is 5.94. The van der Waals surface area contributed by atoms with E-state index in [0.29, 0.717) is 5.41 Å². The minimum Gasteiger partial charge on any atom is -0.311 e. The van der Waals surface area contributed by atoms with Gasteiger partial charge in [0.2, 0.25) is 0 Å². The number of hydrogen-bond acceptors (Lipinski definition) is 1. The van der Waals surface area contributed by atoms with Crippen LogP contribution in [0.4, 0.5) is 0 Å². The van der Waals surface area contributed by atoms with Crippen LogP contribution in [0.3, 0.4) is 0 Å². The van der Waals surface area contributed by atoms with Crippen molar-refractivity contribution in [3.63, 3.8) is 0 Å². The monoisotopic (exact) mass is 181 g/mol. The minimum absolute atomic E-state index is 0.591. The molecule has 13 heavy (non-hydrogen) atoms. The quantitative estimate of drug-likeness (QED) is 0.690. The van der Waals surface area contributed by atoms with E-state index in [1.165, 1.54) is 32.1 Å². The van der Waals surface area contributed by atoms with Gasteiger partial charge in [-0.2, -0.15) is 0 Å². The summed E-state index contributed by atoms with van der Waals surface area (Å²) >= 11 is 0. The van der Waals surface area contributed by atoms with Gasteiger partial charge in [0.25, 0.3) is 0 Å². The molecule has 1 N–H and O–H groups in total. The topological polar surface area (TPSA) is 12.0 Å². The maximum atomic E-state index is 3.80. The zero-order valence-corrected chi connectivity index (χ0v) is 9.27. The van der Waals surface area contributed by atoms with Crippen LogP contribution in [0.25, 0.3) is 0 Å². The van der Waals surface area contributed by atoms with Crippen molar-refractivity contribution in [1.29, 1.82) is 0 Å². The standard InChI is InChI=1S/C12H23N/c1-9-7-11(9)13-10-5-4-6-12(2,3)8-10/h9-11,13H,4-8H2,1-3H3. The molecule has 0 spiro atoms. The molecule has 76 valence electrons. The van der Waals surface area contributed by atoms with E-state index in [-0.39, 0.29) is 0 Å². The van der Waals surface area contributed by atoms with E-state index in [1.807, 2.05) is 0 Å². The van der Waals surface area contributed by atoms with E-state index in [1.54, 1.807) is 0 Å². The molecule has 2 fully saturated rings. The van der Waals surface area contributed by atoms with Gasteiger partial charge in [-0.05, 0) is 37.0 Å². The summed E-state index contributed by atoms with van der Waals surface area (Å²) in [6.07, 6.45) is 7.05. The summed E-state index contributed by atoms with van der Waals surface area (Å²) in [5.74, 6) is 0.949. The Balaban J connectivity index is 1.79. The Bertz CT molecular complexity index is 186. The Morgan fingerprint density at radius 3 is 2.54 bits per heavy atom. The number of nitrogens with one attached hydrogen (secondary N) is 1. The van der Waals surface area contributed by atoms with Gasteiger partial charge in [0.15, 0.2) is 0 Å². The highest BCUT2D eigenvalue weighted by Crippen LogP contribution is 2.37. The molecule has 3 atom stereocenters. The Morgan fingerprint density at radius 2 is 2.00 bits per heavy atom. The molecule has 1 heteroatoms. The van der Waals surface area contributed by atoms with Crippen LogP contribution in [0.5, 0.6) is 0 Å². The van der Waals surface area contributed by atoms with E-state index >= 15 is 0 Å². The molecule has 2 aliphatic carbocycles. The van der Waals surface area contributed by atoms with Crippen molar-refractivity contribution in [3.8, 4) is 0 Å². The predicted octanol–water partition coefficient (Wildman–Crippen LogP) is 2.95. The van der Waals surface area contributed by atoms with E-state index < -0.39 is 0 Å². The van der Waals surface area contributed by atoms with Crippen LogP contribution in [0.2, 0.25) is 0 Å². The van der Waals surface area contributed by atoms with Gasteiger partial charge in [-0.25, -0.2) is 0 Å². The van der Waals surface area contributed by atoms with Crippen molar-refractivity contribution in [2.75, 3.05) is 0 Å². The average molecular weight is 181 g/mol. The molecule has 3 unspecified atom stereocenters. The third kappa shape index (κ3) is 2.46. The van der Waals surface area contributed by atoms with Crippen molar-refractivity contribution < 1.29 is 0 Å². The summed E-state index contributed by atoms with van der Waals surface area (Å²) in [4.78, 5) is 0. The zero-order valence-electron chi connectivity index (χ0n) is 9.27. The summed E-state index contributed by atoms with van der Waals surface area (Å²) in [5.41, 5.74) is 0.591. The van der Waals surface area contributed by atoms with Crippen LogP contribution < -0.4 is 5.32 Å². The molecular weight excluding hydrogens is 158 g/mol. The Labute approximate surface area is 82.3 Å². The molecule has 0 aromatic heterocycles. The molecule has 0 saturated heterocycles. The smallest absolute Gasteiger partial charge is 0.00989 e. The fourth-order valence-corrected chi connectivity index (χ4v) is 2.70. The highest BCUT2D eigenvalue weighted by atomic mass is 15.0. The van der Waals surface area contributed by atoms with Crippen LogP contribution in [-0.4, -0.2) is 12.1 Å². The molecule has 0 bridgehead atoms. The summed E-state index contributed by atoms with van der Waals surface area (Å²) in [5, 5.41) is 3.80. The predicted molar refractivity (Wildman–Crippen MR) is 56.7 cm³/mol. The van der Waals surface area contributed by atoms with E-state index in [0.717, 1.165) is 18.0 Å². The average Bonchev–Trinajstić information content (AvgIpc) is 2.64. The van der Waals surface area contributed by atoms with Crippen molar-refractivity contribution >= 4 is 0 Å². The lowest BCUT2D eigenvalue weighted by Crippen LogP contribution is -2.38. The summed E-state index contributed by atoms with van der Waals surface area (Å²) < 4.78 is 0. The Morgan fingerprint density at radius 1 is 1.31 bits per heavy atom. The lowest BCUT2D eigenvalue weighted by molar-refractivity contribution is 0.196. The van der Waals surface area contributed by atoms with Crippen LogP contribution in [-0.2, 0) is 0 Å². The first-order chi connectivity index (χ1) is 6.07. The molecule has 0 aromatic rings. The molecule has 2 rings (SSSR count). The van der Waals surface area contributed by atoms with E-state index in [2.05, 4.69) is 26.1 Å². The molecule has 0 radical (unpaired) electrons. The fourth-order valence-electron chi connectivity index (χ4n) is 2.70. The first kappa shape index (κ1) is 9.51. The number of rotatable bonds is 2. The third-order valence-electron chi connectivity index (χ3n) is 3.76. The Kier molecular flexibility index (Phi) is 2.39. The molecule has 0 aromatic carbocycles. The zero-order chi connectivity index (χ0) is 9.47. The molecule has 2 aliphatic rings. The van der Waals surface area contributed by atoms with E-state index in [4.69, 9.17) is 0 Å². The van der Waals surface area contributed by atoms with Gasteiger partial charge in [-0.1, -0.05) is 27.2 Å². The van der Waals surface area contributed by atoms with Crippen molar-refractivity contribution in [3.05, 3.63) is 0 Å². The highest BCUT2D eigenvalue weighted by molar-refractivity contribution is 4.94. The van der Waals surface area contributed by atoms with Crippen LogP contribution in [0.1, 0.15) is 52.9 Å². The van der Waals surface area contributed by atoms with Gasteiger partial charge in [0.1, 0.15) is 0 Å². The molecular formula is C12H23N. The van der Waals surface area contributed by atoms with Gasteiger partial charge in [0.05, 0.1) is 0 Å². The lowest BCUT2D eigenvalue weighted by Gasteiger charge is -2.35. The maximum absolute atomic E-state index is 3.80. The minimum atomic E-state index is 0.591. The number of hydrogen-bond donors (Lipinski definition) is 1. The summed E-state index contributed by atoms with van der Waals surface area (Å²) in [6, 6.07) is 1.68. The highest BCUT2D eigenvalue weighted by Gasteiger charge is 2.36. The summed E-state index contributed by atoms with van der Waals surface area (Å²) in [6.45, 7) is 7.18. The summed E-state index contributed by atoms with van der Waals surface area (Å²) in [7, 11) is 0. The van der Waals surface area contributed by atoms with Crippen LogP contribution >= 0.6 is 0 Å². The fraction of sp³-hybridized carbons (Fsp3) is 1.00. The van der Waals surface area contributed by atoms with Crippen LogP contribution in [0.15, 0.2) is 0 Å². The first-order valence-corrected chi connectivity index (χ1v) is 5.83. The second-order valence-corrected chi connectivity index (χ2v) is 5.94. The largest absolute Gasteiger partial charge is 0.311 e. The molecule has 0 aliphatic heterocycles. The first-order valence-electron chi connectivity index (χ1n) is 5.83. The second kappa shape index (κ2) is 3.27. The molecule has 0 heterocycles. The normalized spacial score (nSPS) is 43.2. The van der Waals surface area contributed by atoms with Gasteiger partial charge in [-0.15, -0.1) is 0 Å². The van der Waals surface area contributed by atoms with Gasteiger partial charge in [0, 0.05) is 12.1 Å². The van der Waals surface area contributed by atoms with Crippen LogP contribution in [0, 0.1) is 11.3 Å². The van der Waals surface area contributed by atoms with Gasteiger partial charge < -0.3 is 5.32 Å². The van der Waals surface area contributed by atoms with Crippen molar-refractivity contribution in [2.45, 2.75) is 65.0 Å². The van der Waals surface area contributed by atoms with Gasteiger partial charge >= 0.3 is 0 Å². The molecule has 2 saturated carbocycles. The SMILES string of the molecule is CC1CC1NC1CCCC(C)(C)C1. The van der Waals surface area contributed by atoms with E-state index in [9.17, 15) is 0 Å². The molecule has 1 nitrogen and oxygen atoms in total. The molecule has 0 amide bonds. The third-order valence-corrected chi connectivity index (χ3v) is 3.76. The maximum Gasteiger partial charge on any atom is 0.00989 e.